The van der Waals surface area contributed by atoms with Crippen LogP contribution in [0, 0.1) is 19.8 Å². The van der Waals surface area contributed by atoms with E-state index in [-0.39, 0.29) is 38.5 Å². The SMILES string of the molecule is Cc1nccc(Oc2ccc(CC(NC(=O)C3Cc4cc5c(cc4CN3C(=O)OCC(C)C)OC(c3ccc(OCc4ccc(Cl)c(Cl)c4)cc3)CO5)C(=O)O)cc2)c1C. The van der Waals surface area contributed by atoms with Crippen molar-refractivity contribution in [3.63, 3.8) is 0 Å². The van der Waals surface area contributed by atoms with E-state index in [9.17, 15) is 19.5 Å². The number of carboxylic acid groups (broad SMARTS) is 1. The van der Waals surface area contributed by atoms with Crippen LogP contribution in [0.5, 0.6) is 28.7 Å². The number of aromatic nitrogens is 1. The Balaban J connectivity index is 1.03. The molecule has 0 radical (unpaired) electrons. The van der Waals surface area contributed by atoms with Crippen molar-refractivity contribution < 1.29 is 43.2 Å². The van der Waals surface area contributed by atoms with Gasteiger partial charge in [0.15, 0.2) is 17.6 Å². The average molecular weight is 855 g/mol. The molecule has 2 aliphatic heterocycles. The summed E-state index contributed by atoms with van der Waals surface area (Å²) < 4.78 is 30.2. The second-order valence-electron chi connectivity index (χ2n) is 15.3. The van der Waals surface area contributed by atoms with E-state index in [1.165, 1.54) is 4.90 Å². The molecule has 3 heterocycles. The zero-order valence-corrected chi connectivity index (χ0v) is 35.1. The molecule has 0 bridgehead atoms. The smallest absolute Gasteiger partial charge is 0.410 e. The molecule has 0 fully saturated rings. The fourth-order valence-corrected chi connectivity index (χ4v) is 7.21. The van der Waals surface area contributed by atoms with E-state index >= 15 is 0 Å². The van der Waals surface area contributed by atoms with Gasteiger partial charge in [0, 0.05) is 30.3 Å². The molecule has 0 saturated heterocycles. The summed E-state index contributed by atoms with van der Waals surface area (Å²) in [5, 5.41) is 13.8. The molecule has 2 N–H and O–H groups in total. The average Bonchev–Trinajstić information content (AvgIpc) is 3.24. The van der Waals surface area contributed by atoms with Gasteiger partial charge in [-0.2, -0.15) is 0 Å². The van der Waals surface area contributed by atoms with Crippen LogP contribution in [0.2, 0.25) is 10.0 Å². The van der Waals surface area contributed by atoms with Gasteiger partial charge in [-0.15, -0.1) is 0 Å². The number of nitrogens with one attached hydrogen (secondary N) is 1. The van der Waals surface area contributed by atoms with Crippen LogP contribution in [-0.2, 0) is 40.3 Å². The van der Waals surface area contributed by atoms with Gasteiger partial charge < -0.3 is 34.1 Å². The van der Waals surface area contributed by atoms with E-state index in [4.69, 9.17) is 46.9 Å². The lowest BCUT2D eigenvalue weighted by Crippen LogP contribution is -2.56. The molecule has 60 heavy (non-hydrogen) atoms. The van der Waals surface area contributed by atoms with E-state index in [0.29, 0.717) is 51.0 Å². The fraction of sp³-hybridized carbons (Fsp3) is 0.304. The Morgan fingerprint density at radius 2 is 1.62 bits per heavy atom. The maximum Gasteiger partial charge on any atom is 0.410 e. The van der Waals surface area contributed by atoms with Gasteiger partial charge in [0.2, 0.25) is 5.91 Å². The number of carbonyl (C=O) groups excluding carboxylic acids is 2. The van der Waals surface area contributed by atoms with Crippen LogP contribution in [0.1, 0.15) is 59.0 Å². The Morgan fingerprint density at radius 3 is 2.33 bits per heavy atom. The molecule has 5 aromatic rings. The minimum Gasteiger partial charge on any atom is -0.489 e. The number of pyridine rings is 1. The number of carbonyl (C=O) groups is 3. The van der Waals surface area contributed by atoms with Gasteiger partial charge in [-0.3, -0.25) is 14.7 Å². The van der Waals surface area contributed by atoms with Crippen molar-refractivity contribution in [2.24, 2.45) is 5.92 Å². The van der Waals surface area contributed by atoms with Crippen LogP contribution < -0.4 is 24.3 Å². The Hall–Kier alpha value is -5.98. The first-order valence-electron chi connectivity index (χ1n) is 19.6. The van der Waals surface area contributed by atoms with E-state index < -0.39 is 36.2 Å². The number of hydrogen-bond donors (Lipinski definition) is 2. The number of aryl methyl sites for hydroxylation is 1. The predicted molar refractivity (Wildman–Crippen MR) is 225 cm³/mol. The monoisotopic (exact) mass is 853 g/mol. The fourth-order valence-electron chi connectivity index (χ4n) is 6.89. The molecule has 12 nitrogen and oxygen atoms in total. The minimum absolute atomic E-state index is 0.00415. The number of hydrogen-bond acceptors (Lipinski definition) is 9. The Bertz CT molecular complexity index is 2370. The Labute approximate surface area is 358 Å². The molecule has 0 spiro atoms. The lowest BCUT2D eigenvalue weighted by atomic mass is 9.92. The van der Waals surface area contributed by atoms with E-state index in [1.54, 1.807) is 48.7 Å². The number of halogens is 2. The van der Waals surface area contributed by atoms with E-state index in [0.717, 1.165) is 33.5 Å². The molecule has 14 heteroatoms. The van der Waals surface area contributed by atoms with Crippen LogP contribution in [0.3, 0.4) is 0 Å². The highest BCUT2D eigenvalue weighted by molar-refractivity contribution is 6.42. The second kappa shape index (κ2) is 18.5. The van der Waals surface area contributed by atoms with Gasteiger partial charge in [0.25, 0.3) is 0 Å². The van der Waals surface area contributed by atoms with Crippen LogP contribution in [0.25, 0.3) is 0 Å². The number of amides is 2. The van der Waals surface area contributed by atoms with Crippen molar-refractivity contribution >= 4 is 41.2 Å². The molecule has 1 aromatic heterocycles. The van der Waals surface area contributed by atoms with Crippen molar-refractivity contribution in [2.75, 3.05) is 13.2 Å². The van der Waals surface area contributed by atoms with Crippen LogP contribution in [-0.4, -0.2) is 58.3 Å². The highest BCUT2D eigenvalue weighted by Gasteiger charge is 2.39. The third-order valence-corrected chi connectivity index (χ3v) is 11.1. The van der Waals surface area contributed by atoms with Crippen LogP contribution >= 0.6 is 23.2 Å². The van der Waals surface area contributed by atoms with Gasteiger partial charge >= 0.3 is 12.1 Å². The summed E-state index contributed by atoms with van der Waals surface area (Å²) in [6.45, 7) is 8.40. The van der Waals surface area contributed by atoms with Crippen molar-refractivity contribution in [1.82, 2.24) is 15.2 Å². The quantitative estimate of drug-likeness (QED) is 0.118. The van der Waals surface area contributed by atoms with Gasteiger partial charge in [0.1, 0.15) is 42.5 Å². The number of fused-ring (bicyclic) bond motifs is 2. The summed E-state index contributed by atoms with van der Waals surface area (Å²) >= 11 is 12.2. The van der Waals surface area contributed by atoms with Gasteiger partial charge in [-0.05, 0) is 102 Å². The number of nitrogens with zero attached hydrogens (tertiary/aromatic N) is 2. The lowest BCUT2D eigenvalue weighted by Gasteiger charge is -2.37. The van der Waals surface area contributed by atoms with Crippen LogP contribution in [0.4, 0.5) is 4.79 Å². The largest absolute Gasteiger partial charge is 0.489 e. The van der Waals surface area contributed by atoms with E-state index in [1.807, 2.05) is 70.2 Å². The maximum absolute atomic E-state index is 14.0. The number of carboxylic acids is 1. The zero-order valence-electron chi connectivity index (χ0n) is 33.6. The molecule has 4 aromatic carbocycles. The molecule has 0 aliphatic carbocycles. The molecule has 3 atom stereocenters. The zero-order chi connectivity index (χ0) is 42.5. The number of ether oxygens (including phenoxy) is 5. The molecular weight excluding hydrogens is 809 g/mol. The topological polar surface area (TPSA) is 146 Å². The number of aliphatic carboxylic acids is 1. The van der Waals surface area contributed by atoms with Crippen molar-refractivity contribution in [3.05, 3.63) is 140 Å². The molecule has 2 amide bonds. The van der Waals surface area contributed by atoms with Gasteiger partial charge in [0.05, 0.1) is 23.2 Å². The summed E-state index contributed by atoms with van der Waals surface area (Å²) in [7, 11) is 0. The highest BCUT2D eigenvalue weighted by Crippen LogP contribution is 2.41. The molecule has 7 rings (SSSR count). The number of rotatable bonds is 13. The lowest BCUT2D eigenvalue weighted by molar-refractivity contribution is -0.142. The standard InChI is InChI=1S/C46H45Cl2N3O9/c1-26(2)23-58-46(55)51-22-33-21-42-41(57-25-43(60-42)31-8-12-34(13-9-31)56-24-30-7-14-36(47)37(48)17-30)20-32(33)19-39(51)44(52)50-38(45(53)54)18-29-5-10-35(11-6-29)59-40-15-16-49-28(4)27(40)3/h5-17,20-21,26,38-39,43H,18-19,22-25H2,1-4H3,(H,50,52)(H,53,54). The van der Waals surface area contributed by atoms with Gasteiger partial charge in [-0.25, -0.2) is 9.59 Å². The van der Waals surface area contributed by atoms with Crippen molar-refractivity contribution in [2.45, 2.75) is 71.9 Å². The normalized spacial score (nSPS) is 16.1. The summed E-state index contributed by atoms with van der Waals surface area (Å²) in [6, 6.07) is 23.0. The Morgan fingerprint density at radius 1 is 0.900 bits per heavy atom. The Kier molecular flexibility index (Phi) is 13.0. The van der Waals surface area contributed by atoms with Gasteiger partial charge in [-0.1, -0.05) is 67.4 Å². The van der Waals surface area contributed by atoms with Crippen LogP contribution in [0.15, 0.2) is 91.1 Å². The predicted octanol–water partition coefficient (Wildman–Crippen LogP) is 9.22. The molecular formula is C46H45Cl2N3O9. The maximum atomic E-state index is 14.0. The first-order valence-corrected chi connectivity index (χ1v) is 20.3. The molecule has 2 aliphatic rings. The van der Waals surface area contributed by atoms with E-state index in [2.05, 4.69) is 10.3 Å². The summed E-state index contributed by atoms with van der Waals surface area (Å²) in [5.74, 6) is 1.15. The third-order valence-electron chi connectivity index (χ3n) is 10.4. The number of benzene rings is 4. The van der Waals surface area contributed by atoms with Crippen molar-refractivity contribution in [1.29, 1.82) is 0 Å². The third kappa shape index (κ3) is 10.1. The first kappa shape index (κ1) is 42.2. The minimum atomic E-state index is -1.27. The summed E-state index contributed by atoms with van der Waals surface area (Å²) in [4.78, 5) is 45.7. The highest BCUT2D eigenvalue weighted by atomic mass is 35.5. The second-order valence-corrected chi connectivity index (χ2v) is 16.1. The van der Waals surface area contributed by atoms with Crippen molar-refractivity contribution in [3.8, 4) is 28.7 Å². The summed E-state index contributed by atoms with van der Waals surface area (Å²) in [6.07, 6.45) is 0.693. The summed E-state index contributed by atoms with van der Waals surface area (Å²) in [5.41, 5.74) is 5.74. The molecule has 312 valence electrons. The molecule has 0 saturated carbocycles. The first-order chi connectivity index (χ1) is 28.8. The molecule has 3 unspecified atom stereocenters.